The number of hydrogen-bond acceptors (Lipinski definition) is 6. The van der Waals surface area contributed by atoms with E-state index in [2.05, 4.69) is 38.3 Å². The van der Waals surface area contributed by atoms with Crippen LogP contribution in [-0.2, 0) is 20.0 Å². The largest absolute Gasteiger partial charge is 0.276 e. The van der Waals surface area contributed by atoms with Crippen LogP contribution in [0, 0.1) is 0 Å². The van der Waals surface area contributed by atoms with Crippen LogP contribution >= 0.6 is 23.1 Å². The molecule has 0 aliphatic carbocycles. The van der Waals surface area contributed by atoms with E-state index < -0.39 is 0 Å². The maximum atomic E-state index is 4.18. The minimum absolute atomic E-state index is 0.746. The van der Waals surface area contributed by atoms with Gasteiger partial charge in [0.25, 0.3) is 0 Å². The fourth-order valence-electron chi connectivity index (χ4n) is 1.99. The van der Waals surface area contributed by atoms with Gasteiger partial charge in [-0.25, -0.2) is 4.68 Å². The summed E-state index contributed by atoms with van der Waals surface area (Å²) in [6.07, 6.45) is 6.10. The molecule has 0 radical (unpaired) electrons. The highest BCUT2D eigenvalue weighted by Gasteiger charge is 2.08. The van der Waals surface area contributed by atoms with Gasteiger partial charge in [0, 0.05) is 23.9 Å². The summed E-state index contributed by atoms with van der Waals surface area (Å²) >= 11 is 3.43. The molecule has 0 bridgehead atoms. The van der Waals surface area contributed by atoms with E-state index in [9.17, 15) is 0 Å². The van der Waals surface area contributed by atoms with Crippen molar-refractivity contribution < 1.29 is 0 Å². The summed E-state index contributed by atoms with van der Waals surface area (Å²) in [5, 5.41) is 19.1. The molecule has 0 amide bonds. The van der Waals surface area contributed by atoms with Gasteiger partial charge in [-0.1, -0.05) is 17.8 Å². The summed E-state index contributed by atoms with van der Waals surface area (Å²) in [4.78, 5) is 1.26. The Balaban J connectivity index is 1.48. The van der Waals surface area contributed by atoms with E-state index in [0.29, 0.717) is 0 Å². The molecule has 0 unspecified atom stereocenters. The molecule has 0 saturated carbocycles. The number of hydrogen-bond donors (Lipinski definition) is 0. The number of tetrazole rings is 1. The predicted octanol–water partition coefficient (Wildman–Crippen LogP) is 2.24. The first-order valence-corrected chi connectivity index (χ1v) is 8.56. The zero-order chi connectivity index (χ0) is 14.5. The third kappa shape index (κ3) is 3.92. The molecule has 8 heteroatoms. The SMILES string of the molecule is Cn1cc(CCCSc2nnnn2Cc2cccs2)cn1. The summed E-state index contributed by atoms with van der Waals surface area (Å²) in [5.74, 6) is 1.000. The van der Waals surface area contributed by atoms with Crippen LogP contribution in [0.4, 0.5) is 0 Å². The fourth-order valence-corrected chi connectivity index (χ4v) is 3.49. The minimum Gasteiger partial charge on any atom is -0.276 e. The number of thiophene rings is 1. The highest BCUT2D eigenvalue weighted by molar-refractivity contribution is 7.99. The van der Waals surface area contributed by atoms with Crippen LogP contribution in [0.5, 0.6) is 0 Å². The number of aromatic nitrogens is 6. The fraction of sp³-hybridized carbons (Fsp3) is 0.385. The van der Waals surface area contributed by atoms with E-state index in [-0.39, 0.29) is 0 Å². The maximum Gasteiger partial charge on any atom is 0.209 e. The molecule has 0 N–H and O–H groups in total. The highest BCUT2D eigenvalue weighted by atomic mass is 32.2. The standard InChI is InChI=1S/C13H16N6S2/c1-18-9-11(8-14-18)4-2-7-21-13-15-16-17-19(13)10-12-5-3-6-20-12/h3,5-6,8-9H,2,4,7,10H2,1H3. The Morgan fingerprint density at radius 1 is 1.38 bits per heavy atom. The summed E-state index contributed by atoms with van der Waals surface area (Å²) in [6.45, 7) is 0.746. The van der Waals surface area contributed by atoms with Crippen LogP contribution in [0.25, 0.3) is 0 Å². The molecule has 3 heterocycles. The Morgan fingerprint density at radius 3 is 3.10 bits per heavy atom. The van der Waals surface area contributed by atoms with Crippen LogP contribution in [0.3, 0.4) is 0 Å². The zero-order valence-corrected chi connectivity index (χ0v) is 13.3. The molecule has 3 aromatic rings. The van der Waals surface area contributed by atoms with Crippen LogP contribution in [0.15, 0.2) is 35.1 Å². The van der Waals surface area contributed by atoms with Gasteiger partial charge in [0.1, 0.15) is 0 Å². The molecule has 6 nitrogen and oxygen atoms in total. The van der Waals surface area contributed by atoms with Crippen molar-refractivity contribution in [2.75, 3.05) is 5.75 Å². The van der Waals surface area contributed by atoms with Gasteiger partial charge < -0.3 is 0 Å². The van der Waals surface area contributed by atoms with E-state index in [1.54, 1.807) is 23.1 Å². The van der Waals surface area contributed by atoms with Gasteiger partial charge in [0.15, 0.2) is 0 Å². The maximum absolute atomic E-state index is 4.18. The van der Waals surface area contributed by atoms with Gasteiger partial charge in [-0.3, -0.25) is 4.68 Å². The van der Waals surface area contributed by atoms with Gasteiger partial charge in [-0.2, -0.15) is 5.10 Å². The van der Waals surface area contributed by atoms with Gasteiger partial charge in [-0.05, 0) is 40.3 Å². The van der Waals surface area contributed by atoms with E-state index >= 15 is 0 Å². The Kier molecular flexibility index (Phi) is 4.66. The average Bonchev–Trinajstić information content (AvgIpc) is 3.19. The van der Waals surface area contributed by atoms with Gasteiger partial charge in [0.2, 0.25) is 5.16 Å². The third-order valence-electron chi connectivity index (χ3n) is 2.98. The van der Waals surface area contributed by atoms with Gasteiger partial charge >= 0.3 is 0 Å². The third-order valence-corrected chi connectivity index (χ3v) is 4.89. The first-order chi connectivity index (χ1) is 10.3. The van der Waals surface area contributed by atoms with E-state index in [4.69, 9.17) is 0 Å². The molecule has 110 valence electrons. The topological polar surface area (TPSA) is 61.4 Å². The zero-order valence-electron chi connectivity index (χ0n) is 11.7. The minimum atomic E-state index is 0.746. The van der Waals surface area contributed by atoms with Gasteiger partial charge in [-0.15, -0.1) is 16.4 Å². The summed E-state index contributed by atoms with van der Waals surface area (Å²) in [6, 6.07) is 4.15. The molecule has 0 aliphatic rings. The molecule has 0 atom stereocenters. The lowest BCUT2D eigenvalue weighted by Gasteiger charge is -2.02. The lowest BCUT2D eigenvalue weighted by Crippen LogP contribution is -2.02. The van der Waals surface area contributed by atoms with Crippen LogP contribution in [0.2, 0.25) is 0 Å². The molecule has 0 saturated heterocycles. The number of nitrogens with zero attached hydrogens (tertiary/aromatic N) is 6. The summed E-state index contributed by atoms with van der Waals surface area (Å²) in [5.41, 5.74) is 1.27. The predicted molar refractivity (Wildman–Crippen MR) is 83.5 cm³/mol. The van der Waals surface area contributed by atoms with Crippen molar-refractivity contribution >= 4 is 23.1 Å². The molecule has 0 aromatic carbocycles. The Morgan fingerprint density at radius 2 is 2.33 bits per heavy atom. The molecule has 3 rings (SSSR count). The van der Waals surface area contributed by atoms with Crippen molar-refractivity contribution in [1.29, 1.82) is 0 Å². The Bertz CT molecular complexity index is 672. The first-order valence-electron chi connectivity index (χ1n) is 6.70. The lowest BCUT2D eigenvalue weighted by molar-refractivity contribution is 0.608. The quantitative estimate of drug-likeness (QED) is 0.493. The van der Waals surface area contributed by atoms with Gasteiger partial charge in [0.05, 0.1) is 12.7 Å². The first kappa shape index (κ1) is 14.3. The van der Waals surface area contributed by atoms with Crippen molar-refractivity contribution in [2.24, 2.45) is 7.05 Å². The second-order valence-electron chi connectivity index (χ2n) is 4.67. The van der Waals surface area contributed by atoms with E-state index in [1.165, 1.54) is 10.4 Å². The molecule has 0 spiro atoms. The lowest BCUT2D eigenvalue weighted by atomic mass is 10.2. The summed E-state index contributed by atoms with van der Waals surface area (Å²) < 4.78 is 3.70. The Labute approximate surface area is 131 Å². The molecule has 0 fully saturated rings. The highest BCUT2D eigenvalue weighted by Crippen LogP contribution is 2.18. The molecule has 3 aromatic heterocycles. The summed E-state index contributed by atoms with van der Waals surface area (Å²) in [7, 11) is 1.94. The monoisotopic (exact) mass is 320 g/mol. The van der Waals surface area contributed by atoms with Crippen LogP contribution < -0.4 is 0 Å². The Hall–Kier alpha value is -1.67. The number of rotatable bonds is 7. The van der Waals surface area contributed by atoms with Crippen molar-refractivity contribution in [3.05, 3.63) is 40.3 Å². The number of thioether (sulfide) groups is 1. The van der Waals surface area contributed by atoms with Crippen LogP contribution in [0.1, 0.15) is 16.9 Å². The smallest absolute Gasteiger partial charge is 0.209 e. The second-order valence-corrected chi connectivity index (χ2v) is 6.77. The molecular formula is C13H16N6S2. The average molecular weight is 320 g/mol. The second kappa shape index (κ2) is 6.86. The molecule has 21 heavy (non-hydrogen) atoms. The van der Waals surface area contributed by atoms with Crippen molar-refractivity contribution in [1.82, 2.24) is 30.0 Å². The van der Waals surface area contributed by atoms with Crippen molar-refractivity contribution in [3.8, 4) is 0 Å². The number of aryl methyl sites for hydroxylation is 2. The van der Waals surface area contributed by atoms with E-state index in [1.807, 2.05) is 28.7 Å². The van der Waals surface area contributed by atoms with Crippen molar-refractivity contribution in [3.63, 3.8) is 0 Å². The molecule has 0 aliphatic heterocycles. The van der Waals surface area contributed by atoms with Crippen LogP contribution in [-0.4, -0.2) is 35.7 Å². The van der Waals surface area contributed by atoms with Crippen molar-refractivity contribution in [2.45, 2.75) is 24.5 Å². The normalized spacial score (nSPS) is 11.1. The molecular weight excluding hydrogens is 304 g/mol. The van der Waals surface area contributed by atoms with E-state index in [0.717, 1.165) is 30.3 Å².